The number of benzene rings is 10. The summed E-state index contributed by atoms with van der Waals surface area (Å²) < 4.78 is 41.9. The maximum atomic E-state index is 14.4. The van der Waals surface area contributed by atoms with Crippen molar-refractivity contribution in [3.63, 3.8) is 0 Å². The average Bonchev–Trinajstić information content (AvgIpc) is 3.98. The second kappa shape index (κ2) is 13.9. The van der Waals surface area contributed by atoms with Crippen molar-refractivity contribution in [2.75, 3.05) is 9.80 Å². The normalized spacial score (nSPS) is 13.0. The summed E-state index contributed by atoms with van der Waals surface area (Å²) in [6.07, 6.45) is 0. The highest BCUT2D eigenvalue weighted by molar-refractivity contribution is 6.12. The van der Waals surface area contributed by atoms with Gasteiger partial charge in [-0.15, -0.1) is 0 Å². The standard InChI is InChI=1S/C59H38F2N2O2/c1-59(2)51-34-37-32-42(62(40-24-19-38(60)20-25-40)52-13-7-11-48-45-9-3-5-15-54(45)64-57(48)52)23-17-35(37)33-50(51)47-29-18-36-31-43(28-30-44(36)56(47)59)63(41-26-21-39(61)22-27-41)53-14-8-12-49-46-10-4-6-16-55(46)65-58(49)53/h3-34H,1-2H3. The molecule has 0 bridgehead atoms. The van der Waals surface area contributed by atoms with Gasteiger partial charge in [0.2, 0.25) is 0 Å². The smallest absolute Gasteiger partial charge is 0.159 e. The molecule has 6 heteroatoms. The number of para-hydroxylation sites is 4. The van der Waals surface area contributed by atoms with E-state index in [2.05, 4.69) is 133 Å². The van der Waals surface area contributed by atoms with Crippen LogP contribution in [0.2, 0.25) is 0 Å². The predicted octanol–water partition coefficient (Wildman–Crippen LogP) is 17.3. The van der Waals surface area contributed by atoms with Gasteiger partial charge in [-0.2, -0.15) is 0 Å². The Labute approximate surface area is 372 Å². The second-order valence-corrected chi connectivity index (χ2v) is 17.6. The van der Waals surface area contributed by atoms with Gasteiger partial charge in [0.15, 0.2) is 11.2 Å². The van der Waals surface area contributed by atoms with E-state index in [1.165, 1.54) is 51.9 Å². The molecule has 0 fully saturated rings. The van der Waals surface area contributed by atoms with Gasteiger partial charge in [0, 0.05) is 49.7 Å². The van der Waals surface area contributed by atoms with Gasteiger partial charge in [0.1, 0.15) is 22.8 Å². The van der Waals surface area contributed by atoms with Crippen LogP contribution >= 0.6 is 0 Å². The summed E-state index contributed by atoms with van der Waals surface area (Å²) in [5.41, 5.74) is 13.1. The minimum absolute atomic E-state index is 0.291. The van der Waals surface area contributed by atoms with E-state index in [9.17, 15) is 8.78 Å². The highest BCUT2D eigenvalue weighted by Gasteiger charge is 2.37. The molecule has 0 radical (unpaired) electrons. The molecule has 0 saturated heterocycles. The lowest BCUT2D eigenvalue weighted by atomic mass is 9.79. The lowest BCUT2D eigenvalue weighted by Crippen LogP contribution is -2.16. The average molecular weight is 845 g/mol. The van der Waals surface area contributed by atoms with Crippen molar-refractivity contribution in [3.05, 3.63) is 217 Å². The molecule has 12 aromatic rings. The van der Waals surface area contributed by atoms with E-state index in [1.54, 1.807) is 0 Å². The molecule has 310 valence electrons. The molecule has 1 aliphatic carbocycles. The zero-order valence-electron chi connectivity index (χ0n) is 35.4. The fourth-order valence-electron chi connectivity index (χ4n) is 10.5. The van der Waals surface area contributed by atoms with Crippen LogP contribution in [0.15, 0.2) is 203 Å². The summed E-state index contributed by atoms with van der Waals surface area (Å²) in [6.45, 7) is 4.64. The fraction of sp³-hybridized carbons (Fsp3) is 0.0508. The first-order valence-electron chi connectivity index (χ1n) is 21.9. The summed E-state index contributed by atoms with van der Waals surface area (Å²) in [5.74, 6) is -0.582. The van der Waals surface area contributed by atoms with Crippen molar-refractivity contribution < 1.29 is 17.6 Å². The third-order valence-electron chi connectivity index (χ3n) is 13.5. The van der Waals surface area contributed by atoms with E-state index >= 15 is 0 Å². The SMILES string of the molecule is CC1(C)c2cc3cc(N(c4ccc(F)cc4)c4cccc5c4oc4ccccc45)ccc3cc2-c2ccc3cc(N(c4ccc(F)cc4)c4cccc5c4oc4ccccc45)ccc3c21. The summed E-state index contributed by atoms with van der Waals surface area (Å²) in [7, 11) is 0. The molecule has 0 aliphatic heterocycles. The molecule has 10 aromatic carbocycles. The molecule has 65 heavy (non-hydrogen) atoms. The zero-order chi connectivity index (χ0) is 43.6. The van der Waals surface area contributed by atoms with Crippen LogP contribution in [0, 0.1) is 11.6 Å². The molecule has 4 nitrogen and oxygen atoms in total. The van der Waals surface area contributed by atoms with E-state index in [4.69, 9.17) is 8.83 Å². The molecule has 0 spiro atoms. The van der Waals surface area contributed by atoms with Gasteiger partial charge in [-0.25, -0.2) is 8.78 Å². The summed E-state index contributed by atoms with van der Waals surface area (Å²) in [5, 5.41) is 8.66. The van der Waals surface area contributed by atoms with E-state index in [0.29, 0.717) is 0 Å². The first-order valence-corrected chi connectivity index (χ1v) is 21.9. The van der Waals surface area contributed by atoms with Crippen molar-refractivity contribution in [1.29, 1.82) is 0 Å². The van der Waals surface area contributed by atoms with Crippen molar-refractivity contribution in [3.8, 4) is 11.1 Å². The van der Waals surface area contributed by atoms with Crippen molar-refractivity contribution in [2.24, 2.45) is 0 Å². The molecule has 13 rings (SSSR count). The minimum Gasteiger partial charge on any atom is -0.454 e. The van der Waals surface area contributed by atoms with Gasteiger partial charge >= 0.3 is 0 Å². The molecule has 2 heterocycles. The Balaban J connectivity index is 0.935. The van der Waals surface area contributed by atoms with E-state index in [1.807, 2.05) is 60.7 Å². The van der Waals surface area contributed by atoms with Gasteiger partial charge in [0.05, 0.1) is 11.4 Å². The van der Waals surface area contributed by atoms with Gasteiger partial charge < -0.3 is 18.6 Å². The lowest BCUT2D eigenvalue weighted by Gasteiger charge is -2.27. The van der Waals surface area contributed by atoms with Gasteiger partial charge in [0.25, 0.3) is 0 Å². The second-order valence-electron chi connectivity index (χ2n) is 17.6. The molecule has 0 unspecified atom stereocenters. The molecule has 2 aromatic heterocycles. The summed E-state index contributed by atoms with van der Waals surface area (Å²) in [6, 6.07) is 64.2. The summed E-state index contributed by atoms with van der Waals surface area (Å²) in [4.78, 5) is 4.32. The third-order valence-corrected chi connectivity index (χ3v) is 13.5. The quantitative estimate of drug-likeness (QED) is 0.167. The van der Waals surface area contributed by atoms with Crippen LogP contribution in [0.25, 0.3) is 76.5 Å². The van der Waals surface area contributed by atoms with Crippen LogP contribution in [0.5, 0.6) is 0 Å². The predicted molar refractivity (Wildman–Crippen MR) is 263 cm³/mol. The number of anilines is 6. The van der Waals surface area contributed by atoms with Crippen LogP contribution in [0.4, 0.5) is 42.9 Å². The molecular formula is C59H38F2N2O2. The molecule has 0 N–H and O–H groups in total. The first kappa shape index (κ1) is 37.3. The Morgan fingerprint density at radius 3 is 1.46 bits per heavy atom. The van der Waals surface area contributed by atoms with Crippen LogP contribution in [0.1, 0.15) is 25.0 Å². The first-order chi connectivity index (χ1) is 31.8. The van der Waals surface area contributed by atoms with E-state index in [-0.39, 0.29) is 17.0 Å². The third kappa shape index (κ3) is 5.66. The number of rotatable bonds is 6. The number of halogens is 2. The Morgan fingerprint density at radius 1 is 0.385 bits per heavy atom. The maximum Gasteiger partial charge on any atom is 0.159 e. The highest BCUT2D eigenvalue weighted by Crippen LogP contribution is 2.54. The van der Waals surface area contributed by atoms with Crippen molar-refractivity contribution in [2.45, 2.75) is 19.3 Å². The fourth-order valence-corrected chi connectivity index (χ4v) is 10.5. The van der Waals surface area contributed by atoms with E-state index < -0.39 is 0 Å². The van der Waals surface area contributed by atoms with Crippen LogP contribution in [0.3, 0.4) is 0 Å². The molecule has 1 aliphatic rings. The molecule has 0 atom stereocenters. The van der Waals surface area contributed by atoms with Gasteiger partial charge in [-0.05, 0) is 153 Å². The Bertz CT molecular complexity index is 3900. The van der Waals surface area contributed by atoms with Crippen LogP contribution in [-0.4, -0.2) is 0 Å². The Morgan fingerprint density at radius 2 is 0.877 bits per heavy atom. The maximum absolute atomic E-state index is 14.4. The lowest BCUT2D eigenvalue weighted by molar-refractivity contribution is 0.627. The summed E-state index contributed by atoms with van der Waals surface area (Å²) >= 11 is 0. The Kier molecular flexibility index (Phi) is 7.98. The van der Waals surface area contributed by atoms with Crippen molar-refractivity contribution in [1.82, 2.24) is 0 Å². The van der Waals surface area contributed by atoms with Gasteiger partial charge in [-0.3, -0.25) is 0 Å². The Hall–Kier alpha value is -8.22. The number of nitrogens with zero attached hydrogens (tertiary/aromatic N) is 2. The van der Waals surface area contributed by atoms with Crippen LogP contribution < -0.4 is 9.80 Å². The topological polar surface area (TPSA) is 32.8 Å². The van der Waals surface area contributed by atoms with E-state index in [0.717, 1.165) is 94.2 Å². The highest BCUT2D eigenvalue weighted by atomic mass is 19.1. The number of hydrogen-bond acceptors (Lipinski definition) is 4. The molecule has 0 amide bonds. The molecule has 0 saturated carbocycles. The molecular weight excluding hydrogens is 807 g/mol. The minimum atomic E-state index is -0.330. The van der Waals surface area contributed by atoms with Crippen LogP contribution in [-0.2, 0) is 5.41 Å². The monoisotopic (exact) mass is 844 g/mol. The number of furan rings is 2. The number of fused-ring (bicyclic) bond motifs is 12. The van der Waals surface area contributed by atoms with Crippen molar-refractivity contribution >= 4 is 99.5 Å². The largest absolute Gasteiger partial charge is 0.454 e. The number of hydrogen-bond donors (Lipinski definition) is 0. The zero-order valence-corrected chi connectivity index (χ0v) is 35.4. The van der Waals surface area contributed by atoms with Gasteiger partial charge in [-0.1, -0.05) is 98.8 Å².